The first-order valence-electron chi connectivity index (χ1n) is 10.9. The van der Waals surface area contributed by atoms with E-state index in [1.165, 1.54) is 13.2 Å². The van der Waals surface area contributed by atoms with Gasteiger partial charge in [0.15, 0.2) is 0 Å². The minimum atomic E-state index is -0.629. The number of nitrogens with zero attached hydrogens (tertiary/aromatic N) is 1. The number of aromatic nitrogens is 1. The van der Waals surface area contributed by atoms with Crippen LogP contribution in [0.1, 0.15) is 16.8 Å². The molecule has 1 fully saturated rings. The SMILES string of the molecule is COCCOCCOCCOC(=O)CN1CC[C@H](NC(=O)c2cc(Cl)c(N)[nH]c2=O)[C@H](OC)C1. The van der Waals surface area contributed by atoms with Gasteiger partial charge in [0.05, 0.1) is 56.7 Å². The predicted molar refractivity (Wildman–Crippen MR) is 124 cm³/mol. The number of carbonyl (C=O) groups is 2. The summed E-state index contributed by atoms with van der Waals surface area (Å²) in [5, 5.41) is 2.89. The van der Waals surface area contributed by atoms with Gasteiger partial charge in [-0.15, -0.1) is 0 Å². The van der Waals surface area contributed by atoms with Crippen molar-refractivity contribution >= 4 is 29.3 Å². The van der Waals surface area contributed by atoms with Gasteiger partial charge in [-0.25, -0.2) is 0 Å². The van der Waals surface area contributed by atoms with E-state index in [-0.39, 0.29) is 54.3 Å². The molecule has 0 bridgehead atoms. The summed E-state index contributed by atoms with van der Waals surface area (Å²) in [5.41, 5.74) is 4.78. The van der Waals surface area contributed by atoms with Gasteiger partial charge >= 0.3 is 5.97 Å². The van der Waals surface area contributed by atoms with Crippen LogP contribution in [0.5, 0.6) is 0 Å². The van der Waals surface area contributed by atoms with Gasteiger partial charge in [-0.2, -0.15) is 0 Å². The minimum absolute atomic E-state index is 0.00305. The minimum Gasteiger partial charge on any atom is -0.462 e. The number of anilines is 1. The summed E-state index contributed by atoms with van der Waals surface area (Å²) in [6.07, 6.45) is 0.139. The molecule has 1 aromatic rings. The zero-order chi connectivity index (χ0) is 24.9. The van der Waals surface area contributed by atoms with Gasteiger partial charge in [0, 0.05) is 27.3 Å². The number of pyridine rings is 1. The first-order valence-corrected chi connectivity index (χ1v) is 11.3. The van der Waals surface area contributed by atoms with Crippen molar-refractivity contribution in [1.82, 2.24) is 15.2 Å². The molecule has 192 valence electrons. The summed E-state index contributed by atoms with van der Waals surface area (Å²) >= 11 is 5.91. The van der Waals surface area contributed by atoms with Gasteiger partial charge in [0.1, 0.15) is 18.0 Å². The Morgan fingerprint density at radius 1 is 1.18 bits per heavy atom. The van der Waals surface area contributed by atoms with Gasteiger partial charge in [-0.1, -0.05) is 11.6 Å². The van der Waals surface area contributed by atoms with E-state index >= 15 is 0 Å². The van der Waals surface area contributed by atoms with E-state index in [1.807, 2.05) is 4.90 Å². The summed E-state index contributed by atoms with van der Waals surface area (Å²) in [4.78, 5) is 41.0. The van der Waals surface area contributed by atoms with Gasteiger partial charge in [0.2, 0.25) is 0 Å². The van der Waals surface area contributed by atoms with Gasteiger partial charge < -0.3 is 39.7 Å². The molecule has 0 unspecified atom stereocenters. The zero-order valence-corrected chi connectivity index (χ0v) is 20.2. The number of likely N-dealkylation sites (tertiary alicyclic amines) is 1. The van der Waals surface area contributed by atoms with Crippen LogP contribution in [0.15, 0.2) is 10.9 Å². The van der Waals surface area contributed by atoms with Crippen LogP contribution in [0.25, 0.3) is 0 Å². The maximum absolute atomic E-state index is 12.6. The number of carbonyl (C=O) groups excluding carboxylic acids is 2. The van der Waals surface area contributed by atoms with E-state index in [0.29, 0.717) is 45.9 Å². The Bertz CT molecular complexity index is 853. The molecule has 1 amide bonds. The lowest BCUT2D eigenvalue weighted by Crippen LogP contribution is -2.56. The van der Waals surface area contributed by atoms with E-state index in [9.17, 15) is 14.4 Å². The molecule has 0 saturated carbocycles. The molecule has 1 aliphatic rings. The molecule has 0 aromatic carbocycles. The number of H-pyrrole nitrogens is 1. The highest BCUT2D eigenvalue weighted by Gasteiger charge is 2.32. The normalized spacial score (nSPS) is 18.6. The molecule has 0 spiro atoms. The van der Waals surface area contributed by atoms with Crippen molar-refractivity contribution in [3.05, 3.63) is 27.0 Å². The fraction of sp³-hybridized carbons (Fsp3) is 0.667. The van der Waals surface area contributed by atoms with Crippen molar-refractivity contribution in [1.29, 1.82) is 0 Å². The number of nitrogens with one attached hydrogen (secondary N) is 2. The number of nitrogens with two attached hydrogens (primary N) is 1. The maximum atomic E-state index is 12.6. The number of methoxy groups -OCH3 is 2. The molecule has 1 aromatic heterocycles. The highest BCUT2D eigenvalue weighted by molar-refractivity contribution is 6.33. The summed E-state index contributed by atoms with van der Waals surface area (Å²) in [6, 6.07) is 0.885. The van der Waals surface area contributed by atoms with Gasteiger partial charge in [0.25, 0.3) is 11.5 Å². The van der Waals surface area contributed by atoms with Crippen molar-refractivity contribution in [2.75, 3.05) is 79.2 Å². The smallest absolute Gasteiger partial charge is 0.320 e. The van der Waals surface area contributed by atoms with Crippen LogP contribution in [0, 0.1) is 0 Å². The van der Waals surface area contributed by atoms with Crippen LogP contribution in [-0.2, 0) is 28.5 Å². The maximum Gasteiger partial charge on any atom is 0.320 e. The Morgan fingerprint density at radius 2 is 1.85 bits per heavy atom. The van der Waals surface area contributed by atoms with Crippen LogP contribution in [0.3, 0.4) is 0 Å². The molecule has 4 N–H and O–H groups in total. The third kappa shape index (κ3) is 9.20. The fourth-order valence-corrected chi connectivity index (χ4v) is 3.53. The molecule has 2 atom stereocenters. The molecule has 34 heavy (non-hydrogen) atoms. The molecular formula is C21H33ClN4O8. The Labute approximate surface area is 202 Å². The third-order valence-corrected chi connectivity index (χ3v) is 5.49. The quantitative estimate of drug-likeness (QED) is 0.226. The second-order valence-corrected chi connectivity index (χ2v) is 8.00. The molecule has 0 aliphatic carbocycles. The van der Waals surface area contributed by atoms with Crippen LogP contribution in [0.4, 0.5) is 5.82 Å². The Balaban J connectivity index is 1.70. The number of hydrogen-bond donors (Lipinski definition) is 3. The number of nitrogen functional groups attached to an aromatic ring is 1. The van der Waals surface area contributed by atoms with Gasteiger partial charge in [-0.05, 0) is 12.5 Å². The average Bonchev–Trinajstić information content (AvgIpc) is 2.81. The summed E-state index contributed by atoms with van der Waals surface area (Å²) in [7, 11) is 3.13. The number of rotatable bonds is 14. The fourth-order valence-electron chi connectivity index (χ4n) is 3.37. The number of halogens is 1. The summed E-state index contributed by atoms with van der Waals surface area (Å²) < 4.78 is 26.2. The van der Waals surface area contributed by atoms with E-state index in [4.69, 9.17) is 41.0 Å². The van der Waals surface area contributed by atoms with E-state index in [0.717, 1.165) is 0 Å². The topological polar surface area (TPSA) is 154 Å². The van der Waals surface area contributed by atoms with E-state index in [1.54, 1.807) is 7.11 Å². The molecule has 0 radical (unpaired) electrons. The van der Waals surface area contributed by atoms with Crippen molar-refractivity contribution in [2.45, 2.75) is 18.6 Å². The zero-order valence-electron chi connectivity index (χ0n) is 19.5. The first-order chi connectivity index (χ1) is 16.3. The molecule has 12 nitrogen and oxygen atoms in total. The lowest BCUT2D eigenvalue weighted by molar-refractivity contribution is -0.147. The van der Waals surface area contributed by atoms with Crippen molar-refractivity contribution in [3.63, 3.8) is 0 Å². The summed E-state index contributed by atoms with van der Waals surface area (Å²) in [6.45, 7) is 3.35. The van der Waals surface area contributed by atoms with E-state index in [2.05, 4.69) is 10.3 Å². The lowest BCUT2D eigenvalue weighted by atomic mass is 10.0. The molecule has 13 heteroatoms. The van der Waals surface area contributed by atoms with Crippen molar-refractivity contribution < 1.29 is 33.3 Å². The highest BCUT2D eigenvalue weighted by Crippen LogP contribution is 2.17. The van der Waals surface area contributed by atoms with Crippen LogP contribution in [0.2, 0.25) is 5.02 Å². The van der Waals surface area contributed by atoms with Crippen LogP contribution in [-0.4, -0.2) is 107 Å². The summed E-state index contributed by atoms with van der Waals surface area (Å²) in [5.74, 6) is -0.954. The number of amides is 1. The van der Waals surface area contributed by atoms with Crippen LogP contribution >= 0.6 is 11.6 Å². The Morgan fingerprint density at radius 3 is 2.53 bits per heavy atom. The molecule has 2 rings (SSSR count). The molecule has 1 saturated heterocycles. The Kier molecular flexibility index (Phi) is 12.3. The van der Waals surface area contributed by atoms with Gasteiger partial charge in [-0.3, -0.25) is 19.3 Å². The number of aromatic amines is 1. The predicted octanol–water partition coefficient (Wildman–Crippen LogP) is -0.348. The monoisotopic (exact) mass is 504 g/mol. The highest BCUT2D eigenvalue weighted by atomic mass is 35.5. The number of esters is 1. The van der Waals surface area contributed by atoms with Crippen LogP contribution < -0.4 is 16.6 Å². The molecular weight excluding hydrogens is 472 g/mol. The Hall–Kier alpha value is -2.22. The number of hydrogen-bond acceptors (Lipinski definition) is 10. The van der Waals surface area contributed by atoms with Crippen molar-refractivity contribution in [3.8, 4) is 0 Å². The average molecular weight is 505 g/mol. The van der Waals surface area contributed by atoms with Crippen molar-refractivity contribution in [2.24, 2.45) is 0 Å². The second-order valence-electron chi connectivity index (χ2n) is 7.59. The third-order valence-electron chi connectivity index (χ3n) is 5.18. The molecule has 1 aliphatic heterocycles. The lowest BCUT2D eigenvalue weighted by Gasteiger charge is -2.37. The first kappa shape index (κ1) is 28.0. The second kappa shape index (κ2) is 14.9. The largest absolute Gasteiger partial charge is 0.462 e. The standard InChI is InChI=1S/C21H33ClN4O8/c1-30-5-6-32-7-8-33-9-10-34-18(27)13-26-4-3-16(17(12-26)31-2)24-20(28)14-11-15(22)19(23)25-21(14)29/h11,16-17H,3-10,12-13H2,1-2H3,(H,24,28)(H3,23,25,29)/t16-,17+/m0/s1. The molecule has 2 heterocycles. The van der Waals surface area contributed by atoms with E-state index < -0.39 is 11.5 Å². The number of ether oxygens (including phenoxy) is 5. The number of piperidine rings is 1.